The molecule has 4 rings (SSSR count). The molecule has 2 heterocycles. The summed E-state index contributed by atoms with van der Waals surface area (Å²) in [6, 6.07) is 12.4. The lowest BCUT2D eigenvalue weighted by Gasteiger charge is -2.27. The molecule has 1 fully saturated rings. The molecule has 0 saturated heterocycles. The number of methoxy groups -OCH3 is 1. The molecule has 0 aliphatic heterocycles. The van der Waals surface area contributed by atoms with E-state index in [-0.39, 0.29) is 24.3 Å². The molecule has 2 aromatic heterocycles. The summed E-state index contributed by atoms with van der Waals surface area (Å²) in [5.41, 5.74) is -0.650. The number of nitrogens with one attached hydrogen (secondary N) is 1. The van der Waals surface area contributed by atoms with E-state index in [1.807, 2.05) is 6.07 Å². The first-order valence-electron chi connectivity index (χ1n) is 12.6. The first kappa shape index (κ1) is 26.7. The fourth-order valence-corrected chi connectivity index (χ4v) is 4.53. The summed E-state index contributed by atoms with van der Waals surface area (Å²) in [5.74, 6) is 3.27. The predicted molar refractivity (Wildman–Crippen MR) is 142 cm³/mol. The quantitative estimate of drug-likeness (QED) is 0.338. The minimum Gasteiger partial charge on any atom is -0.469 e. The minimum atomic E-state index is -0.740. The van der Waals surface area contributed by atoms with Crippen molar-refractivity contribution in [1.82, 2.24) is 19.1 Å². The number of hydrogen-bond donors (Lipinski definition) is 1. The summed E-state index contributed by atoms with van der Waals surface area (Å²) >= 11 is 0. The van der Waals surface area contributed by atoms with Crippen LogP contribution in [-0.4, -0.2) is 32.2 Å². The van der Waals surface area contributed by atoms with Crippen molar-refractivity contribution in [3.63, 3.8) is 0 Å². The molecule has 0 amide bonds. The van der Waals surface area contributed by atoms with Crippen LogP contribution in [0.4, 0.5) is 11.6 Å². The van der Waals surface area contributed by atoms with E-state index in [2.05, 4.69) is 21.2 Å². The highest BCUT2D eigenvalue weighted by atomic mass is 16.5. The second-order valence-electron chi connectivity index (χ2n) is 9.45. The van der Waals surface area contributed by atoms with Crippen LogP contribution in [0.15, 0.2) is 58.3 Å². The van der Waals surface area contributed by atoms with E-state index in [1.54, 1.807) is 49.5 Å². The Hall–Kier alpha value is -4.39. The Labute approximate surface area is 220 Å². The van der Waals surface area contributed by atoms with Gasteiger partial charge >= 0.3 is 17.3 Å². The summed E-state index contributed by atoms with van der Waals surface area (Å²) in [6.45, 7) is 1.85. The number of ether oxygens (including phenoxy) is 2. The lowest BCUT2D eigenvalue weighted by atomic mass is 9.82. The number of carbonyl (C=O) groups excluding carboxylic acids is 1. The second-order valence-corrected chi connectivity index (χ2v) is 9.45. The van der Waals surface area contributed by atoms with E-state index in [0.29, 0.717) is 23.9 Å². The van der Waals surface area contributed by atoms with Crippen molar-refractivity contribution in [2.45, 2.75) is 45.7 Å². The van der Waals surface area contributed by atoms with Crippen molar-refractivity contribution < 1.29 is 14.3 Å². The van der Waals surface area contributed by atoms with Gasteiger partial charge in [-0.25, -0.2) is 19.1 Å². The molecule has 0 unspecified atom stereocenters. The number of aromatic nitrogens is 4. The highest BCUT2D eigenvalue weighted by Gasteiger charge is 2.24. The highest BCUT2D eigenvalue weighted by Crippen LogP contribution is 2.30. The molecule has 1 aromatic carbocycles. The molecule has 10 nitrogen and oxygen atoms in total. The summed E-state index contributed by atoms with van der Waals surface area (Å²) in [5, 5.41) is 3.11. The average molecular weight is 518 g/mol. The molecule has 0 bridgehead atoms. The number of pyridine rings is 1. The van der Waals surface area contributed by atoms with Crippen molar-refractivity contribution in [1.29, 1.82) is 0 Å². The molecule has 1 aliphatic rings. The molecular formula is C28H31N5O5. The van der Waals surface area contributed by atoms with Crippen LogP contribution in [0.3, 0.4) is 0 Å². The van der Waals surface area contributed by atoms with Gasteiger partial charge < -0.3 is 14.8 Å². The monoisotopic (exact) mass is 517 g/mol. The van der Waals surface area contributed by atoms with Gasteiger partial charge in [0.2, 0.25) is 11.8 Å². The van der Waals surface area contributed by atoms with Crippen LogP contribution in [-0.2, 0) is 22.6 Å². The number of benzene rings is 1. The van der Waals surface area contributed by atoms with Crippen LogP contribution < -0.4 is 21.4 Å². The van der Waals surface area contributed by atoms with Crippen molar-refractivity contribution >= 4 is 17.6 Å². The van der Waals surface area contributed by atoms with Gasteiger partial charge in [0.25, 0.3) is 0 Å². The van der Waals surface area contributed by atoms with Crippen LogP contribution >= 0.6 is 0 Å². The Balaban J connectivity index is 1.61. The molecular weight excluding hydrogens is 486 g/mol. The van der Waals surface area contributed by atoms with Crippen LogP contribution in [0, 0.1) is 30.1 Å². The smallest absolute Gasteiger partial charge is 0.354 e. The average Bonchev–Trinajstić information content (AvgIpc) is 2.94. The number of hydrogen-bond acceptors (Lipinski definition) is 8. The van der Waals surface area contributed by atoms with E-state index in [9.17, 15) is 14.4 Å². The third kappa shape index (κ3) is 6.48. The number of rotatable bonds is 9. The topological polar surface area (TPSA) is 117 Å². The summed E-state index contributed by atoms with van der Waals surface area (Å²) in [7, 11) is 1.27. The zero-order valence-corrected chi connectivity index (χ0v) is 21.5. The number of carbonyl (C=O) groups is 1. The number of nitrogens with zero attached hydrogens (tertiary/aromatic N) is 4. The molecule has 0 spiro atoms. The number of esters is 1. The Morgan fingerprint density at radius 1 is 1.13 bits per heavy atom. The van der Waals surface area contributed by atoms with Crippen molar-refractivity contribution in [2.24, 2.45) is 17.8 Å². The normalized spacial score (nSPS) is 17.7. The molecule has 0 radical (unpaired) electrons. The van der Waals surface area contributed by atoms with E-state index >= 15 is 0 Å². The zero-order valence-electron chi connectivity index (χ0n) is 21.5. The van der Waals surface area contributed by atoms with E-state index in [1.165, 1.54) is 11.7 Å². The van der Waals surface area contributed by atoms with Gasteiger partial charge in [-0.2, -0.15) is 4.98 Å². The van der Waals surface area contributed by atoms with Crippen molar-refractivity contribution in [3.05, 3.63) is 69.6 Å². The van der Waals surface area contributed by atoms with Gasteiger partial charge in [0, 0.05) is 37.0 Å². The molecule has 198 valence electrons. The van der Waals surface area contributed by atoms with Gasteiger partial charge in [-0.05, 0) is 61.9 Å². The standard InChI is InChI=1S/C28H31N5O5/c1-4-20-8-10-21(11-9-20)18-32-26(31-27(35)33(28(32)36)17-19(2)25(34)37-3)30-22-12-14-23(15-13-22)38-24-7-5-6-16-29-24/h1,5-7,12-16,19-21H,8-11,17-18H2,2-3H3,(H,30,31,35)/t19-,20?,21?/m0/s1. The van der Waals surface area contributed by atoms with Crippen LogP contribution in [0.5, 0.6) is 11.6 Å². The van der Waals surface area contributed by atoms with Gasteiger partial charge in [-0.3, -0.25) is 9.36 Å². The molecule has 1 atom stereocenters. The largest absolute Gasteiger partial charge is 0.469 e. The van der Waals surface area contributed by atoms with E-state index < -0.39 is 23.3 Å². The molecule has 1 aliphatic carbocycles. The molecule has 1 N–H and O–H groups in total. The lowest BCUT2D eigenvalue weighted by Crippen LogP contribution is -2.45. The van der Waals surface area contributed by atoms with Gasteiger partial charge in [-0.1, -0.05) is 13.0 Å². The first-order chi connectivity index (χ1) is 18.4. The van der Waals surface area contributed by atoms with Crippen LogP contribution in [0.2, 0.25) is 0 Å². The third-order valence-corrected chi connectivity index (χ3v) is 6.70. The summed E-state index contributed by atoms with van der Waals surface area (Å²) in [6.07, 6.45) is 10.8. The van der Waals surface area contributed by atoms with Crippen molar-refractivity contribution in [2.75, 3.05) is 12.4 Å². The predicted octanol–water partition coefficient (Wildman–Crippen LogP) is 3.58. The number of terminal acetylenes is 1. The van der Waals surface area contributed by atoms with E-state index in [4.69, 9.17) is 15.9 Å². The zero-order chi connectivity index (χ0) is 27.1. The van der Waals surface area contributed by atoms with Crippen LogP contribution in [0.1, 0.15) is 32.6 Å². The Bertz CT molecular complexity index is 1400. The molecule has 38 heavy (non-hydrogen) atoms. The fourth-order valence-electron chi connectivity index (χ4n) is 4.53. The second kappa shape index (κ2) is 12.2. The SMILES string of the molecule is C#CC1CCC(Cn2c(Nc3ccc(Oc4ccccn4)cc3)nc(=O)n(C[C@H](C)C(=O)OC)c2=O)CC1. The fraction of sp³-hybridized carbons (Fsp3) is 0.393. The van der Waals surface area contributed by atoms with Gasteiger partial charge in [0.05, 0.1) is 13.0 Å². The highest BCUT2D eigenvalue weighted by molar-refractivity contribution is 5.71. The van der Waals surface area contributed by atoms with Gasteiger partial charge in [0.15, 0.2) is 0 Å². The lowest BCUT2D eigenvalue weighted by molar-refractivity contribution is -0.145. The molecule has 10 heteroatoms. The van der Waals surface area contributed by atoms with Gasteiger partial charge in [0.1, 0.15) is 5.75 Å². The summed E-state index contributed by atoms with van der Waals surface area (Å²) < 4.78 is 13.0. The van der Waals surface area contributed by atoms with E-state index in [0.717, 1.165) is 30.3 Å². The minimum absolute atomic E-state index is 0.124. The van der Waals surface area contributed by atoms with Crippen molar-refractivity contribution in [3.8, 4) is 24.0 Å². The molecule has 1 saturated carbocycles. The Morgan fingerprint density at radius 3 is 2.50 bits per heavy atom. The maximum absolute atomic E-state index is 13.5. The first-order valence-corrected chi connectivity index (χ1v) is 12.6. The van der Waals surface area contributed by atoms with Crippen LogP contribution in [0.25, 0.3) is 0 Å². The summed E-state index contributed by atoms with van der Waals surface area (Å²) in [4.78, 5) is 46.7. The Morgan fingerprint density at radius 2 is 1.87 bits per heavy atom. The molecule has 3 aromatic rings. The third-order valence-electron chi connectivity index (χ3n) is 6.70. The number of anilines is 2. The van der Waals surface area contributed by atoms with Gasteiger partial charge in [-0.15, -0.1) is 12.3 Å². The Kier molecular flexibility index (Phi) is 8.58. The maximum atomic E-state index is 13.5. The maximum Gasteiger partial charge on any atom is 0.354 e.